The highest BCUT2D eigenvalue weighted by molar-refractivity contribution is 8.03. The van der Waals surface area contributed by atoms with E-state index in [4.69, 9.17) is 4.74 Å². The van der Waals surface area contributed by atoms with Crippen molar-refractivity contribution in [2.45, 2.75) is 37.4 Å². The summed E-state index contributed by atoms with van der Waals surface area (Å²) in [5.41, 5.74) is 1.30. The summed E-state index contributed by atoms with van der Waals surface area (Å²) in [4.78, 5) is 14.5. The molecule has 1 aliphatic heterocycles. The van der Waals surface area contributed by atoms with Crippen LogP contribution in [-0.4, -0.2) is 74.5 Å². The van der Waals surface area contributed by atoms with Gasteiger partial charge in [-0.25, -0.2) is 4.68 Å². The molecule has 0 spiro atoms. The maximum Gasteiger partial charge on any atom is 0.229 e. The summed E-state index contributed by atoms with van der Waals surface area (Å²) in [5.74, 6) is 3.20. The number of thioether (sulfide) groups is 2. The van der Waals surface area contributed by atoms with E-state index >= 15 is 0 Å². The van der Waals surface area contributed by atoms with Crippen LogP contribution in [0.15, 0.2) is 29.4 Å². The lowest BCUT2D eigenvalue weighted by molar-refractivity contribution is -0.118. The lowest BCUT2D eigenvalue weighted by Gasteiger charge is -2.26. The predicted octanol–water partition coefficient (Wildman–Crippen LogP) is 2.61. The summed E-state index contributed by atoms with van der Waals surface area (Å²) in [6, 6.07) is 8.37. The van der Waals surface area contributed by atoms with Gasteiger partial charge in [0.2, 0.25) is 11.1 Å². The number of ether oxygens (including phenoxy) is 1. The minimum Gasteiger partial charge on any atom is -0.494 e. The largest absolute Gasteiger partial charge is 0.494 e. The van der Waals surface area contributed by atoms with Gasteiger partial charge in [0, 0.05) is 31.6 Å². The van der Waals surface area contributed by atoms with Crippen LogP contribution in [0.5, 0.6) is 5.75 Å². The highest BCUT2D eigenvalue weighted by Crippen LogP contribution is 2.18. The molecule has 0 atom stereocenters. The Hall–Kier alpha value is -1.78. The molecule has 0 aliphatic carbocycles. The number of likely N-dealkylation sites (tertiary alicyclic amines) is 1. The molecule has 0 saturated carbocycles. The van der Waals surface area contributed by atoms with Gasteiger partial charge >= 0.3 is 0 Å². The number of hydrogen-bond acceptors (Lipinski definition) is 8. The number of carbonyl (C=O) groups is 1. The number of nitrogens with one attached hydrogen (secondary N) is 1. The van der Waals surface area contributed by atoms with Crippen LogP contribution in [0.3, 0.4) is 0 Å². The van der Waals surface area contributed by atoms with Gasteiger partial charge in [0.15, 0.2) is 0 Å². The molecule has 2 aromatic rings. The van der Waals surface area contributed by atoms with E-state index in [0.717, 1.165) is 35.4 Å². The number of nitrogens with zero attached hydrogens (tertiary/aromatic N) is 5. The molecule has 2 heterocycles. The van der Waals surface area contributed by atoms with Gasteiger partial charge in [-0.15, -0.1) is 5.10 Å². The van der Waals surface area contributed by atoms with Crippen LogP contribution >= 0.6 is 23.5 Å². The van der Waals surface area contributed by atoms with Crippen molar-refractivity contribution in [3.8, 4) is 5.75 Å². The molecule has 1 fully saturated rings. The van der Waals surface area contributed by atoms with Gasteiger partial charge in [-0.2, -0.15) is 11.8 Å². The van der Waals surface area contributed by atoms with Crippen molar-refractivity contribution in [3.05, 3.63) is 29.8 Å². The zero-order chi connectivity index (χ0) is 21.7. The van der Waals surface area contributed by atoms with Crippen LogP contribution in [0.1, 0.15) is 31.2 Å². The number of piperidine rings is 1. The Bertz CT molecular complexity index is 798. The van der Waals surface area contributed by atoms with Crippen molar-refractivity contribution < 1.29 is 9.53 Å². The standard InChI is InChI=1S/C21H32N6O2S2/c1-26-21(23-24-25-26)31-14-13-30-17-20(28)22-9-6-12-29-19-8-5-7-18(15-19)16-27-10-3-2-4-11-27/h5,7-8,15H,2-4,6,9-14,16-17H2,1H3,(H,22,28). The first kappa shape index (κ1) is 23.9. The molecule has 1 aromatic carbocycles. The lowest BCUT2D eigenvalue weighted by atomic mass is 10.1. The lowest BCUT2D eigenvalue weighted by Crippen LogP contribution is -2.29. The van der Waals surface area contributed by atoms with Crippen molar-refractivity contribution in [3.63, 3.8) is 0 Å². The number of aryl methyl sites for hydroxylation is 1. The van der Waals surface area contributed by atoms with Crippen LogP contribution in [-0.2, 0) is 18.4 Å². The third kappa shape index (κ3) is 9.08. The molecular weight excluding hydrogens is 432 g/mol. The molecule has 3 rings (SSSR count). The first-order chi connectivity index (χ1) is 15.2. The van der Waals surface area contributed by atoms with Crippen LogP contribution in [0, 0.1) is 0 Å². The zero-order valence-corrected chi connectivity index (χ0v) is 19.8. The molecule has 1 saturated heterocycles. The molecule has 1 aromatic heterocycles. The first-order valence-electron chi connectivity index (χ1n) is 10.8. The topological polar surface area (TPSA) is 85.2 Å². The Kier molecular flexibility index (Phi) is 10.5. The Morgan fingerprint density at radius 1 is 1.23 bits per heavy atom. The molecule has 31 heavy (non-hydrogen) atoms. The van der Waals surface area contributed by atoms with Crippen LogP contribution < -0.4 is 10.1 Å². The molecule has 10 heteroatoms. The summed E-state index contributed by atoms with van der Waals surface area (Å²) in [5, 5.41) is 15.1. The second-order valence-electron chi connectivity index (χ2n) is 7.52. The SMILES string of the molecule is Cn1nnnc1SCCSCC(=O)NCCCOc1cccc(CN2CCCCC2)c1. The normalized spacial score (nSPS) is 14.5. The number of carbonyl (C=O) groups excluding carboxylic acids is 1. The number of amides is 1. The van der Waals surface area contributed by atoms with Crippen molar-refractivity contribution >= 4 is 29.4 Å². The molecule has 0 radical (unpaired) electrons. The number of tetrazole rings is 1. The average Bonchev–Trinajstić information content (AvgIpc) is 3.19. The molecular formula is C21H32N6O2S2. The van der Waals surface area contributed by atoms with Crippen LogP contribution in [0.25, 0.3) is 0 Å². The quantitative estimate of drug-likeness (QED) is 0.358. The summed E-state index contributed by atoms with van der Waals surface area (Å²) >= 11 is 3.21. The Balaban J connectivity index is 1.21. The van der Waals surface area contributed by atoms with Gasteiger partial charge < -0.3 is 10.1 Å². The average molecular weight is 465 g/mol. The summed E-state index contributed by atoms with van der Waals surface area (Å²) in [6.45, 7) is 4.62. The molecule has 1 amide bonds. The zero-order valence-electron chi connectivity index (χ0n) is 18.2. The second-order valence-corrected chi connectivity index (χ2v) is 9.69. The monoisotopic (exact) mass is 464 g/mol. The minimum atomic E-state index is 0.0684. The highest BCUT2D eigenvalue weighted by atomic mass is 32.2. The van der Waals surface area contributed by atoms with Gasteiger partial charge in [-0.1, -0.05) is 30.3 Å². The van der Waals surface area contributed by atoms with Gasteiger partial charge in [-0.3, -0.25) is 9.69 Å². The van der Waals surface area contributed by atoms with E-state index in [2.05, 4.69) is 43.9 Å². The molecule has 0 unspecified atom stereocenters. The van der Waals surface area contributed by atoms with E-state index in [1.54, 1.807) is 28.2 Å². The van der Waals surface area contributed by atoms with Crippen molar-refractivity contribution in [1.82, 2.24) is 30.4 Å². The Labute approximate surface area is 192 Å². The fraction of sp³-hybridized carbons (Fsp3) is 0.619. The number of aromatic nitrogens is 4. The van der Waals surface area contributed by atoms with E-state index < -0.39 is 0 Å². The molecule has 0 bridgehead atoms. The van der Waals surface area contributed by atoms with E-state index in [1.165, 1.54) is 37.9 Å². The summed E-state index contributed by atoms with van der Waals surface area (Å²) in [6.07, 6.45) is 4.76. The number of benzene rings is 1. The second kappa shape index (κ2) is 13.6. The maximum atomic E-state index is 11.9. The van der Waals surface area contributed by atoms with Crippen LogP contribution in [0.2, 0.25) is 0 Å². The van der Waals surface area contributed by atoms with Gasteiger partial charge in [0.25, 0.3) is 0 Å². The third-order valence-corrected chi connectivity index (χ3v) is 7.17. The third-order valence-electron chi connectivity index (χ3n) is 4.94. The van der Waals surface area contributed by atoms with Crippen molar-refractivity contribution in [2.75, 3.05) is 43.5 Å². The highest BCUT2D eigenvalue weighted by Gasteiger charge is 2.10. The number of rotatable bonds is 13. The minimum absolute atomic E-state index is 0.0684. The Morgan fingerprint density at radius 3 is 2.90 bits per heavy atom. The fourth-order valence-corrected chi connectivity index (χ4v) is 5.09. The first-order valence-corrected chi connectivity index (χ1v) is 13.0. The molecule has 170 valence electrons. The molecule has 1 aliphatic rings. The van der Waals surface area contributed by atoms with Gasteiger partial charge in [0.05, 0.1) is 12.4 Å². The Morgan fingerprint density at radius 2 is 2.10 bits per heavy atom. The summed E-state index contributed by atoms with van der Waals surface area (Å²) in [7, 11) is 1.82. The van der Waals surface area contributed by atoms with E-state index in [0.29, 0.717) is 18.9 Å². The maximum absolute atomic E-state index is 11.9. The van der Waals surface area contributed by atoms with E-state index in [-0.39, 0.29) is 5.91 Å². The van der Waals surface area contributed by atoms with Crippen molar-refractivity contribution in [1.29, 1.82) is 0 Å². The number of hydrogen-bond donors (Lipinski definition) is 1. The van der Waals surface area contributed by atoms with Crippen molar-refractivity contribution in [2.24, 2.45) is 7.05 Å². The fourth-order valence-electron chi connectivity index (χ4n) is 3.35. The summed E-state index contributed by atoms with van der Waals surface area (Å²) < 4.78 is 7.53. The molecule has 1 N–H and O–H groups in total. The predicted molar refractivity (Wildman–Crippen MR) is 126 cm³/mol. The van der Waals surface area contributed by atoms with Crippen LogP contribution in [0.4, 0.5) is 0 Å². The van der Waals surface area contributed by atoms with Gasteiger partial charge in [0.1, 0.15) is 5.75 Å². The van der Waals surface area contributed by atoms with E-state index in [1.807, 2.05) is 13.1 Å². The smallest absolute Gasteiger partial charge is 0.229 e. The molecule has 8 nitrogen and oxygen atoms in total. The van der Waals surface area contributed by atoms with Gasteiger partial charge in [-0.05, 0) is 60.5 Å². The van der Waals surface area contributed by atoms with E-state index in [9.17, 15) is 4.79 Å².